The highest BCUT2D eigenvalue weighted by atomic mass is 32.2. The smallest absolute Gasteiger partial charge is 0.424 e. The molecule has 0 atom stereocenters. The van der Waals surface area contributed by atoms with Gasteiger partial charge >= 0.3 is 6.09 Å². The molecule has 0 bridgehead atoms. The summed E-state index contributed by atoms with van der Waals surface area (Å²) in [5, 5.41) is 0. The minimum atomic E-state index is -3.70. The van der Waals surface area contributed by atoms with E-state index in [0.29, 0.717) is 4.31 Å². The average molecular weight is 275 g/mol. The zero-order valence-corrected chi connectivity index (χ0v) is 12.0. The van der Waals surface area contributed by atoms with Crippen LogP contribution >= 0.6 is 0 Å². The van der Waals surface area contributed by atoms with Crippen LogP contribution in [0.4, 0.5) is 4.79 Å². The standard InChI is InChI=1S/C12H21NO4S/c1-6-8-10-18(15,16)13(9-7-2)11(14)17-12(3,4)5/h6-7H,1-2,8-10H2,3-5H3. The molecule has 1 amide bonds. The van der Waals surface area contributed by atoms with E-state index in [4.69, 9.17) is 4.74 Å². The Kier molecular flexibility index (Phi) is 6.11. The van der Waals surface area contributed by atoms with E-state index in [1.165, 1.54) is 12.2 Å². The van der Waals surface area contributed by atoms with Crippen molar-refractivity contribution in [2.45, 2.75) is 32.8 Å². The Balaban J connectivity index is 5.00. The molecule has 18 heavy (non-hydrogen) atoms. The number of amides is 1. The lowest BCUT2D eigenvalue weighted by molar-refractivity contribution is 0.0404. The fourth-order valence-electron chi connectivity index (χ4n) is 1.07. The zero-order chi connectivity index (χ0) is 14.4. The van der Waals surface area contributed by atoms with Crippen LogP contribution in [0.15, 0.2) is 25.3 Å². The van der Waals surface area contributed by atoms with Crippen LogP contribution in [0, 0.1) is 0 Å². The molecule has 0 fully saturated rings. The highest BCUT2D eigenvalue weighted by Crippen LogP contribution is 2.13. The largest absolute Gasteiger partial charge is 0.443 e. The highest BCUT2D eigenvalue weighted by molar-refractivity contribution is 7.89. The second-order valence-corrected chi connectivity index (χ2v) is 6.71. The lowest BCUT2D eigenvalue weighted by atomic mass is 10.2. The van der Waals surface area contributed by atoms with E-state index in [0.717, 1.165) is 0 Å². The Labute approximate surface area is 109 Å². The maximum Gasteiger partial charge on any atom is 0.424 e. The van der Waals surface area contributed by atoms with Crippen molar-refractivity contribution < 1.29 is 17.9 Å². The molecule has 0 unspecified atom stereocenters. The predicted octanol–water partition coefficient (Wildman–Crippen LogP) is 2.32. The lowest BCUT2D eigenvalue weighted by Crippen LogP contribution is -2.41. The Morgan fingerprint density at radius 2 is 1.83 bits per heavy atom. The van der Waals surface area contributed by atoms with Crippen LogP contribution in [0.2, 0.25) is 0 Å². The van der Waals surface area contributed by atoms with Crippen LogP contribution in [-0.4, -0.2) is 36.7 Å². The van der Waals surface area contributed by atoms with Crippen molar-refractivity contribution in [3.05, 3.63) is 25.3 Å². The topological polar surface area (TPSA) is 63.7 Å². The molecule has 0 rings (SSSR count). The molecule has 0 radical (unpaired) electrons. The van der Waals surface area contributed by atoms with Crippen molar-refractivity contribution in [3.63, 3.8) is 0 Å². The van der Waals surface area contributed by atoms with E-state index in [1.807, 2.05) is 0 Å². The van der Waals surface area contributed by atoms with Crippen molar-refractivity contribution in [2.24, 2.45) is 0 Å². The number of nitrogens with zero attached hydrogens (tertiary/aromatic N) is 1. The van der Waals surface area contributed by atoms with Gasteiger partial charge in [-0.1, -0.05) is 12.2 Å². The van der Waals surface area contributed by atoms with Gasteiger partial charge in [0.05, 0.1) is 12.3 Å². The molecule has 0 saturated carbocycles. The van der Waals surface area contributed by atoms with Gasteiger partial charge in [-0.25, -0.2) is 17.5 Å². The molecule has 0 aromatic carbocycles. The van der Waals surface area contributed by atoms with E-state index < -0.39 is 21.7 Å². The molecular formula is C12H21NO4S. The minimum Gasteiger partial charge on any atom is -0.443 e. The third kappa shape index (κ3) is 5.86. The summed E-state index contributed by atoms with van der Waals surface area (Å²) in [5.74, 6) is -0.177. The SMILES string of the molecule is C=CCCS(=O)(=O)N(CC=C)C(=O)OC(C)(C)C. The van der Waals surface area contributed by atoms with Crippen LogP contribution < -0.4 is 0 Å². The van der Waals surface area contributed by atoms with E-state index in [-0.39, 0.29) is 18.7 Å². The number of ether oxygens (including phenoxy) is 1. The molecule has 0 aromatic rings. The molecule has 104 valence electrons. The minimum absolute atomic E-state index is 0.103. The van der Waals surface area contributed by atoms with E-state index >= 15 is 0 Å². The Hall–Kier alpha value is -1.30. The monoisotopic (exact) mass is 275 g/mol. The number of allylic oxidation sites excluding steroid dienone is 1. The number of carbonyl (C=O) groups is 1. The van der Waals surface area contributed by atoms with E-state index in [9.17, 15) is 13.2 Å². The molecular weight excluding hydrogens is 254 g/mol. The van der Waals surface area contributed by atoms with Crippen LogP contribution in [0.1, 0.15) is 27.2 Å². The van der Waals surface area contributed by atoms with Crippen molar-refractivity contribution in [1.82, 2.24) is 4.31 Å². The molecule has 0 N–H and O–H groups in total. The Bertz CT molecular complexity index is 406. The van der Waals surface area contributed by atoms with Crippen LogP contribution in [0.5, 0.6) is 0 Å². The molecule has 6 heteroatoms. The van der Waals surface area contributed by atoms with Gasteiger partial charge in [0.2, 0.25) is 10.0 Å². The van der Waals surface area contributed by atoms with Crippen molar-refractivity contribution in [2.75, 3.05) is 12.3 Å². The number of carbonyl (C=O) groups excluding carboxylic acids is 1. The van der Waals surface area contributed by atoms with Gasteiger partial charge in [0.15, 0.2) is 0 Å². The van der Waals surface area contributed by atoms with Crippen LogP contribution in [-0.2, 0) is 14.8 Å². The molecule has 0 aliphatic rings. The fraction of sp³-hybridized carbons (Fsp3) is 0.583. The predicted molar refractivity (Wildman–Crippen MR) is 71.7 cm³/mol. The molecule has 0 aliphatic heterocycles. The van der Waals surface area contributed by atoms with Gasteiger partial charge in [-0.15, -0.1) is 13.2 Å². The Morgan fingerprint density at radius 1 is 1.28 bits per heavy atom. The quantitative estimate of drug-likeness (QED) is 0.698. The maximum atomic E-state index is 11.9. The lowest BCUT2D eigenvalue weighted by Gasteiger charge is -2.26. The number of hydrogen-bond acceptors (Lipinski definition) is 4. The summed E-state index contributed by atoms with van der Waals surface area (Å²) < 4.78 is 29.6. The summed E-state index contributed by atoms with van der Waals surface area (Å²) in [4.78, 5) is 11.8. The van der Waals surface area contributed by atoms with Crippen LogP contribution in [0.3, 0.4) is 0 Å². The van der Waals surface area contributed by atoms with Gasteiger partial charge < -0.3 is 4.74 Å². The third-order valence-electron chi connectivity index (χ3n) is 1.81. The molecule has 0 aliphatic carbocycles. The van der Waals surface area contributed by atoms with E-state index in [1.54, 1.807) is 20.8 Å². The molecule has 5 nitrogen and oxygen atoms in total. The summed E-state index contributed by atoms with van der Waals surface area (Å²) in [6.45, 7) is 11.8. The second-order valence-electron chi connectivity index (χ2n) is 4.69. The van der Waals surface area contributed by atoms with Gasteiger partial charge in [0.25, 0.3) is 0 Å². The first-order valence-corrected chi connectivity index (χ1v) is 7.20. The summed E-state index contributed by atoms with van der Waals surface area (Å²) in [5.41, 5.74) is -0.746. The normalized spacial score (nSPS) is 11.7. The third-order valence-corrected chi connectivity index (χ3v) is 3.53. The summed E-state index contributed by atoms with van der Waals surface area (Å²) in [6.07, 6.45) is 2.22. The van der Waals surface area contributed by atoms with Gasteiger partial charge in [0, 0.05) is 0 Å². The molecule has 0 saturated heterocycles. The number of rotatable bonds is 6. The first-order chi connectivity index (χ1) is 8.14. The van der Waals surface area contributed by atoms with Gasteiger partial charge in [-0.3, -0.25) is 0 Å². The van der Waals surface area contributed by atoms with Crippen LogP contribution in [0.25, 0.3) is 0 Å². The fourth-order valence-corrected chi connectivity index (χ4v) is 2.36. The highest BCUT2D eigenvalue weighted by Gasteiger charge is 2.30. The number of hydrogen-bond donors (Lipinski definition) is 0. The van der Waals surface area contributed by atoms with Crippen molar-refractivity contribution in [3.8, 4) is 0 Å². The van der Waals surface area contributed by atoms with E-state index in [2.05, 4.69) is 13.2 Å². The summed E-state index contributed by atoms with van der Waals surface area (Å²) in [6, 6.07) is 0. The molecule has 0 spiro atoms. The van der Waals surface area contributed by atoms with Gasteiger partial charge in [0.1, 0.15) is 5.60 Å². The molecule has 0 aromatic heterocycles. The van der Waals surface area contributed by atoms with Crippen molar-refractivity contribution in [1.29, 1.82) is 0 Å². The van der Waals surface area contributed by atoms with Gasteiger partial charge in [-0.2, -0.15) is 0 Å². The zero-order valence-electron chi connectivity index (χ0n) is 11.2. The van der Waals surface area contributed by atoms with Gasteiger partial charge in [-0.05, 0) is 27.2 Å². The van der Waals surface area contributed by atoms with Crippen molar-refractivity contribution >= 4 is 16.1 Å². The summed E-state index contributed by atoms with van der Waals surface area (Å²) >= 11 is 0. The first kappa shape index (κ1) is 16.7. The second kappa shape index (κ2) is 6.58. The molecule has 0 heterocycles. The average Bonchev–Trinajstić information content (AvgIpc) is 2.20. The number of sulfonamides is 1. The first-order valence-electron chi connectivity index (χ1n) is 5.59. The maximum absolute atomic E-state index is 11.9. The summed E-state index contributed by atoms with van der Waals surface area (Å²) in [7, 11) is -3.70. The Morgan fingerprint density at radius 3 is 2.22 bits per heavy atom.